The molecular weight excluding hydrogens is 344 g/mol. The summed E-state index contributed by atoms with van der Waals surface area (Å²) in [6, 6.07) is 5.73. The summed E-state index contributed by atoms with van der Waals surface area (Å²) in [6.45, 7) is 5.17. The average molecular weight is 364 g/mol. The summed E-state index contributed by atoms with van der Waals surface area (Å²) >= 11 is 0. The number of hydrogen-bond acceptors (Lipinski definition) is 6. The quantitative estimate of drug-likeness (QED) is 0.703. The standard InChI is InChI=1S/C19H20N6O2/c1-13-3-4-17(22-7-13)18(26)24-9-15-8-20-12-25(15)16(10-24)11-27-19-21-6-5-14(2)23-19/h3-8,12,16H,9-11H2,1-2H3. The van der Waals surface area contributed by atoms with Gasteiger partial charge in [0.1, 0.15) is 12.3 Å². The number of carbonyl (C=O) groups excluding carboxylic acids is 1. The fraction of sp³-hybridized carbons (Fsp3) is 0.316. The van der Waals surface area contributed by atoms with Crippen molar-refractivity contribution in [1.29, 1.82) is 0 Å². The molecule has 0 aliphatic carbocycles. The molecule has 0 aromatic carbocycles. The van der Waals surface area contributed by atoms with Crippen LogP contribution in [0.15, 0.2) is 43.1 Å². The highest BCUT2D eigenvalue weighted by molar-refractivity contribution is 5.92. The molecule has 1 aliphatic rings. The van der Waals surface area contributed by atoms with Crippen LogP contribution in [0.2, 0.25) is 0 Å². The Balaban J connectivity index is 1.52. The minimum Gasteiger partial charge on any atom is -0.461 e. The van der Waals surface area contributed by atoms with Gasteiger partial charge in [0.05, 0.1) is 24.6 Å². The maximum Gasteiger partial charge on any atom is 0.316 e. The summed E-state index contributed by atoms with van der Waals surface area (Å²) in [7, 11) is 0. The summed E-state index contributed by atoms with van der Waals surface area (Å²) in [5, 5.41) is 0. The van der Waals surface area contributed by atoms with Crippen LogP contribution in [-0.4, -0.2) is 48.5 Å². The number of aryl methyl sites for hydroxylation is 2. The molecule has 0 fully saturated rings. The maximum absolute atomic E-state index is 12.9. The zero-order valence-electron chi connectivity index (χ0n) is 15.2. The van der Waals surface area contributed by atoms with Crippen LogP contribution >= 0.6 is 0 Å². The van der Waals surface area contributed by atoms with Crippen molar-refractivity contribution in [2.24, 2.45) is 0 Å². The van der Waals surface area contributed by atoms with Crippen LogP contribution in [0.25, 0.3) is 0 Å². The second kappa shape index (κ2) is 7.14. The lowest BCUT2D eigenvalue weighted by Crippen LogP contribution is -2.42. The average Bonchev–Trinajstić information content (AvgIpc) is 3.15. The summed E-state index contributed by atoms with van der Waals surface area (Å²) < 4.78 is 7.82. The molecule has 8 nitrogen and oxygen atoms in total. The largest absolute Gasteiger partial charge is 0.461 e. The molecule has 3 aromatic heterocycles. The van der Waals surface area contributed by atoms with Gasteiger partial charge in [0.15, 0.2) is 0 Å². The van der Waals surface area contributed by atoms with Crippen LogP contribution in [0.3, 0.4) is 0 Å². The molecular formula is C19H20N6O2. The minimum absolute atomic E-state index is 0.0743. The van der Waals surface area contributed by atoms with Crippen molar-refractivity contribution in [3.8, 4) is 6.01 Å². The monoisotopic (exact) mass is 364 g/mol. The lowest BCUT2D eigenvalue weighted by molar-refractivity contribution is 0.0638. The van der Waals surface area contributed by atoms with Gasteiger partial charge in [-0.1, -0.05) is 6.07 Å². The zero-order chi connectivity index (χ0) is 18.8. The molecule has 0 N–H and O–H groups in total. The number of fused-ring (bicyclic) bond motifs is 1. The molecule has 1 amide bonds. The van der Waals surface area contributed by atoms with Gasteiger partial charge in [-0.25, -0.2) is 15.0 Å². The van der Waals surface area contributed by atoms with E-state index in [0.29, 0.717) is 31.4 Å². The van der Waals surface area contributed by atoms with Gasteiger partial charge in [0.25, 0.3) is 5.91 Å². The van der Waals surface area contributed by atoms with E-state index in [1.165, 1.54) is 0 Å². The lowest BCUT2D eigenvalue weighted by Gasteiger charge is -2.34. The molecule has 138 valence electrons. The number of nitrogens with zero attached hydrogens (tertiary/aromatic N) is 6. The number of pyridine rings is 1. The van der Waals surface area contributed by atoms with E-state index in [1.807, 2.05) is 30.5 Å². The molecule has 3 aromatic rings. The molecule has 0 spiro atoms. The predicted octanol–water partition coefficient (Wildman–Crippen LogP) is 1.96. The van der Waals surface area contributed by atoms with Gasteiger partial charge in [0.2, 0.25) is 0 Å². The Hall–Kier alpha value is -3.29. The molecule has 4 heterocycles. The molecule has 1 atom stereocenters. The Morgan fingerprint density at radius 1 is 1.22 bits per heavy atom. The second-order valence-electron chi connectivity index (χ2n) is 6.64. The van der Waals surface area contributed by atoms with Gasteiger partial charge in [-0.3, -0.25) is 9.78 Å². The fourth-order valence-electron chi connectivity index (χ4n) is 3.10. The first kappa shape index (κ1) is 17.1. The topological polar surface area (TPSA) is 86.0 Å². The Bertz CT molecular complexity index is 953. The summed E-state index contributed by atoms with van der Waals surface area (Å²) in [5.41, 5.74) is 3.26. The van der Waals surface area contributed by atoms with Crippen LogP contribution in [-0.2, 0) is 6.54 Å². The van der Waals surface area contributed by atoms with Crippen molar-refractivity contribution in [3.05, 3.63) is 65.8 Å². The smallest absolute Gasteiger partial charge is 0.316 e. The van der Waals surface area contributed by atoms with E-state index in [9.17, 15) is 4.79 Å². The van der Waals surface area contributed by atoms with Gasteiger partial charge in [-0.2, -0.15) is 0 Å². The third-order valence-electron chi connectivity index (χ3n) is 4.52. The molecule has 0 radical (unpaired) electrons. The predicted molar refractivity (Wildman–Crippen MR) is 97.2 cm³/mol. The van der Waals surface area contributed by atoms with Crippen molar-refractivity contribution < 1.29 is 9.53 Å². The van der Waals surface area contributed by atoms with Crippen LogP contribution in [0, 0.1) is 13.8 Å². The fourth-order valence-corrected chi connectivity index (χ4v) is 3.10. The van der Waals surface area contributed by atoms with Crippen LogP contribution in [0.1, 0.15) is 33.5 Å². The van der Waals surface area contributed by atoms with E-state index >= 15 is 0 Å². The lowest BCUT2D eigenvalue weighted by atomic mass is 10.1. The van der Waals surface area contributed by atoms with E-state index in [0.717, 1.165) is 17.0 Å². The number of imidazole rings is 1. The first-order valence-corrected chi connectivity index (χ1v) is 8.75. The Kier molecular flexibility index (Phi) is 4.53. The molecule has 8 heteroatoms. The normalized spacial score (nSPS) is 16.1. The first-order chi connectivity index (χ1) is 13.1. The van der Waals surface area contributed by atoms with Gasteiger partial charge in [0, 0.05) is 30.8 Å². The second-order valence-corrected chi connectivity index (χ2v) is 6.64. The van der Waals surface area contributed by atoms with Gasteiger partial charge < -0.3 is 14.2 Å². The van der Waals surface area contributed by atoms with Gasteiger partial charge >= 0.3 is 6.01 Å². The maximum atomic E-state index is 12.9. The van der Waals surface area contributed by atoms with Crippen LogP contribution in [0.4, 0.5) is 0 Å². The molecule has 1 aliphatic heterocycles. The first-order valence-electron chi connectivity index (χ1n) is 8.75. The van der Waals surface area contributed by atoms with E-state index in [2.05, 4.69) is 19.9 Å². The number of aromatic nitrogens is 5. The minimum atomic E-state index is -0.0979. The van der Waals surface area contributed by atoms with E-state index in [1.54, 1.807) is 35.9 Å². The Labute approximate surface area is 156 Å². The van der Waals surface area contributed by atoms with E-state index in [4.69, 9.17) is 4.74 Å². The van der Waals surface area contributed by atoms with E-state index < -0.39 is 0 Å². The number of amides is 1. The molecule has 1 unspecified atom stereocenters. The molecule has 0 saturated heterocycles. The SMILES string of the molecule is Cc1ccc(C(=O)N2Cc3cncn3C(COc3nccc(C)n3)C2)nc1. The molecule has 27 heavy (non-hydrogen) atoms. The third kappa shape index (κ3) is 3.64. The third-order valence-corrected chi connectivity index (χ3v) is 4.52. The number of rotatable bonds is 4. The highest BCUT2D eigenvalue weighted by Crippen LogP contribution is 2.23. The Morgan fingerprint density at radius 3 is 2.89 bits per heavy atom. The van der Waals surface area contributed by atoms with Gasteiger partial charge in [-0.05, 0) is 31.5 Å². The van der Waals surface area contributed by atoms with Crippen LogP contribution < -0.4 is 4.74 Å². The number of hydrogen-bond donors (Lipinski definition) is 0. The van der Waals surface area contributed by atoms with Crippen LogP contribution in [0.5, 0.6) is 6.01 Å². The van der Waals surface area contributed by atoms with Crippen molar-refractivity contribution >= 4 is 5.91 Å². The highest BCUT2D eigenvalue weighted by Gasteiger charge is 2.29. The zero-order valence-corrected chi connectivity index (χ0v) is 15.2. The van der Waals surface area contributed by atoms with Gasteiger partial charge in [-0.15, -0.1) is 0 Å². The number of ether oxygens (including phenoxy) is 1. The molecule has 0 bridgehead atoms. The van der Waals surface area contributed by atoms with Crippen molar-refractivity contribution in [2.45, 2.75) is 26.4 Å². The van der Waals surface area contributed by atoms with Crippen molar-refractivity contribution in [1.82, 2.24) is 29.4 Å². The molecule has 0 saturated carbocycles. The van der Waals surface area contributed by atoms with E-state index in [-0.39, 0.29) is 11.9 Å². The van der Waals surface area contributed by atoms with Crippen molar-refractivity contribution in [2.75, 3.05) is 13.2 Å². The van der Waals surface area contributed by atoms with Crippen molar-refractivity contribution in [3.63, 3.8) is 0 Å². The summed E-state index contributed by atoms with van der Waals surface area (Å²) in [6.07, 6.45) is 6.92. The number of carbonyl (C=O) groups is 1. The summed E-state index contributed by atoms with van der Waals surface area (Å²) in [5.74, 6) is -0.0979. The molecule has 4 rings (SSSR count). The highest BCUT2D eigenvalue weighted by atomic mass is 16.5. The Morgan fingerprint density at radius 2 is 2.11 bits per heavy atom. The summed E-state index contributed by atoms with van der Waals surface area (Å²) in [4.78, 5) is 31.5.